The monoisotopic (exact) mass is 191 g/mol. The largest absolute Gasteiger partial charge is 0.217 e. The van der Waals surface area contributed by atoms with Crippen LogP contribution >= 0.6 is 0 Å². The summed E-state index contributed by atoms with van der Waals surface area (Å²) < 4.78 is 24.4. The van der Waals surface area contributed by atoms with Crippen molar-refractivity contribution in [3.8, 4) is 0 Å². The van der Waals surface area contributed by atoms with Crippen molar-refractivity contribution >= 4 is 10.0 Å². The molecular weight excluding hydrogens is 174 g/mol. The Morgan fingerprint density at radius 1 is 1.33 bits per heavy atom. The second-order valence-corrected chi connectivity index (χ2v) is 4.77. The van der Waals surface area contributed by atoms with Crippen LogP contribution < -0.4 is 0 Å². The molecule has 0 saturated carbocycles. The van der Waals surface area contributed by atoms with Gasteiger partial charge in [-0.15, -0.1) is 0 Å². The molecule has 0 aromatic heterocycles. The molecule has 72 valence electrons. The number of hydrogen-bond acceptors (Lipinski definition) is 2. The van der Waals surface area contributed by atoms with Crippen molar-refractivity contribution < 1.29 is 8.42 Å². The fourth-order valence-electron chi connectivity index (χ4n) is 1.02. The van der Waals surface area contributed by atoms with Gasteiger partial charge >= 0.3 is 0 Å². The summed E-state index contributed by atoms with van der Waals surface area (Å²) in [4.78, 5) is 0. The van der Waals surface area contributed by atoms with Crippen LogP contribution in [0.25, 0.3) is 0 Å². The van der Waals surface area contributed by atoms with Gasteiger partial charge in [-0.2, -0.15) is 0 Å². The van der Waals surface area contributed by atoms with Crippen molar-refractivity contribution in [2.24, 2.45) is 0 Å². The van der Waals surface area contributed by atoms with E-state index in [1.165, 1.54) is 4.31 Å². The Balaban J connectivity index is 4.48. The summed E-state index contributed by atoms with van der Waals surface area (Å²) in [5, 5.41) is 0. The van der Waals surface area contributed by atoms with Crippen molar-refractivity contribution in [2.45, 2.75) is 20.8 Å². The molecule has 0 aliphatic heterocycles. The zero-order chi connectivity index (χ0) is 9.78. The van der Waals surface area contributed by atoms with E-state index < -0.39 is 10.0 Å². The Hall–Kier alpha value is -0.350. The standard InChI is InChI=1S/C8H17NO2S/c1-5-9(6-2)12(10,11)7-8(3)4/h3,5-7H2,1-2,4H3. The van der Waals surface area contributed by atoms with Crippen molar-refractivity contribution in [1.29, 1.82) is 0 Å². The summed E-state index contributed by atoms with van der Waals surface area (Å²) in [6.07, 6.45) is 0. The molecule has 0 aliphatic carbocycles. The van der Waals surface area contributed by atoms with Crippen LogP contribution in [0.3, 0.4) is 0 Å². The molecule has 0 N–H and O–H groups in total. The molecule has 3 nitrogen and oxygen atoms in total. The lowest BCUT2D eigenvalue weighted by Crippen LogP contribution is -2.32. The van der Waals surface area contributed by atoms with Crippen LogP contribution in [0.15, 0.2) is 12.2 Å². The SMILES string of the molecule is C=C(C)CS(=O)(=O)N(CC)CC. The van der Waals surface area contributed by atoms with Gasteiger partial charge in [-0.05, 0) is 6.92 Å². The number of rotatable bonds is 5. The van der Waals surface area contributed by atoms with Gasteiger partial charge < -0.3 is 0 Å². The minimum absolute atomic E-state index is 0.0642. The maximum Gasteiger partial charge on any atom is 0.217 e. The van der Waals surface area contributed by atoms with E-state index in [0.717, 1.165) is 0 Å². The highest BCUT2D eigenvalue weighted by Crippen LogP contribution is 2.04. The van der Waals surface area contributed by atoms with Gasteiger partial charge in [0, 0.05) is 13.1 Å². The smallest absolute Gasteiger partial charge is 0.212 e. The highest BCUT2D eigenvalue weighted by Gasteiger charge is 2.17. The summed E-state index contributed by atoms with van der Waals surface area (Å²) in [6.45, 7) is 10.0. The van der Waals surface area contributed by atoms with Gasteiger partial charge in [0.25, 0.3) is 0 Å². The molecular formula is C8H17NO2S. The molecule has 0 heterocycles. The Morgan fingerprint density at radius 2 is 1.75 bits per heavy atom. The molecule has 0 spiro atoms. The lowest BCUT2D eigenvalue weighted by molar-refractivity contribution is 0.447. The summed E-state index contributed by atoms with van der Waals surface area (Å²) >= 11 is 0. The molecule has 0 rings (SSSR count). The molecule has 0 bridgehead atoms. The van der Waals surface area contributed by atoms with E-state index in [-0.39, 0.29) is 5.75 Å². The third-order valence-electron chi connectivity index (χ3n) is 1.53. The first-order chi connectivity index (χ1) is 5.44. The van der Waals surface area contributed by atoms with E-state index in [1.54, 1.807) is 6.92 Å². The van der Waals surface area contributed by atoms with Crippen LogP contribution in [0.5, 0.6) is 0 Å². The molecule has 0 unspecified atom stereocenters. The molecule has 12 heavy (non-hydrogen) atoms. The molecule has 0 atom stereocenters. The number of hydrogen-bond donors (Lipinski definition) is 0. The zero-order valence-electron chi connectivity index (χ0n) is 8.00. The zero-order valence-corrected chi connectivity index (χ0v) is 8.82. The maximum absolute atomic E-state index is 11.5. The molecule has 0 saturated heterocycles. The molecule has 4 heteroatoms. The molecule has 0 aromatic carbocycles. The van der Waals surface area contributed by atoms with Crippen molar-refractivity contribution in [2.75, 3.05) is 18.8 Å². The van der Waals surface area contributed by atoms with E-state index in [1.807, 2.05) is 13.8 Å². The fourth-order valence-corrected chi connectivity index (χ4v) is 2.61. The van der Waals surface area contributed by atoms with Gasteiger partial charge in [-0.3, -0.25) is 0 Å². The van der Waals surface area contributed by atoms with Gasteiger partial charge in [0.05, 0.1) is 5.75 Å². The Labute approximate surface area is 75.1 Å². The predicted octanol–water partition coefficient (Wildman–Crippen LogP) is 1.23. The Morgan fingerprint density at radius 3 is 2.00 bits per heavy atom. The summed E-state index contributed by atoms with van der Waals surface area (Å²) in [5.74, 6) is 0.0642. The number of nitrogens with zero attached hydrogens (tertiary/aromatic N) is 1. The molecule has 0 radical (unpaired) electrons. The van der Waals surface area contributed by atoms with E-state index >= 15 is 0 Å². The predicted molar refractivity (Wildman–Crippen MR) is 51.5 cm³/mol. The van der Waals surface area contributed by atoms with E-state index in [2.05, 4.69) is 6.58 Å². The number of sulfonamides is 1. The summed E-state index contributed by atoms with van der Waals surface area (Å²) in [7, 11) is -3.09. The van der Waals surface area contributed by atoms with Crippen LogP contribution in [0.1, 0.15) is 20.8 Å². The maximum atomic E-state index is 11.5. The average Bonchev–Trinajstić information content (AvgIpc) is 1.85. The van der Waals surface area contributed by atoms with Crippen LogP contribution in [-0.2, 0) is 10.0 Å². The van der Waals surface area contributed by atoms with Gasteiger partial charge in [-0.25, -0.2) is 12.7 Å². The lowest BCUT2D eigenvalue weighted by atomic mass is 10.4. The van der Waals surface area contributed by atoms with E-state index in [4.69, 9.17) is 0 Å². The van der Waals surface area contributed by atoms with Gasteiger partial charge in [0.1, 0.15) is 0 Å². The molecule has 0 amide bonds. The van der Waals surface area contributed by atoms with Gasteiger partial charge in [0.2, 0.25) is 10.0 Å². The second kappa shape index (κ2) is 4.62. The molecule has 0 aromatic rings. The van der Waals surface area contributed by atoms with Crippen LogP contribution in [-0.4, -0.2) is 31.6 Å². The third kappa shape index (κ3) is 3.36. The lowest BCUT2D eigenvalue weighted by Gasteiger charge is -2.17. The molecule has 0 aliphatic rings. The van der Waals surface area contributed by atoms with Crippen molar-refractivity contribution in [1.82, 2.24) is 4.31 Å². The van der Waals surface area contributed by atoms with Crippen LogP contribution in [0.4, 0.5) is 0 Å². The first-order valence-electron chi connectivity index (χ1n) is 4.06. The normalized spacial score (nSPS) is 12.0. The van der Waals surface area contributed by atoms with Crippen molar-refractivity contribution in [3.63, 3.8) is 0 Å². The first kappa shape index (κ1) is 11.6. The molecule has 0 fully saturated rings. The second-order valence-electron chi connectivity index (χ2n) is 2.80. The van der Waals surface area contributed by atoms with Crippen molar-refractivity contribution in [3.05, 3.63) is 12.2 Å². The summed E-state index contributed by atoms with van der Waals surface area (Å²) in [5.41, 5.74) is 0.682. The van der Waals surface area contributed by atoms with Gasteiger partial charge in [-0.1, -0.05) is 26.0 Å². The van der Waals surface area contributed by atoms with Crippen LogP contribution in [0, 0.1) is 0 Å². The fraction of sp³-hybridized carbons (Fsp3) is 0.750. The topological polar surface area (TPSA) is 37.4 Å². The van der Waals surface area contributed by atoms with E-state index in [9.17, 15) is 8.42 Å². The third-order valence-corrected chi connectivity index (χ3v) is 3.69. The highest BCUT2D eigenvalue weighted by atomic mass is 32.2. The minimum Gasteiger partial charge on any atom is -0.212 e. The Bertz CT molecular complexity index is 240. The quantitative estimate of drug-likeness (QED) is 0.613. The highest BCUT2D eigenvalue weighted by molar-refractivity contribution is 7.89. The van der Waals surface area contributed by atoms with Crippen LogP contribution in [0.2, 0.25) is 0 Å². The minimum atomic E-state index is -3.09. The van der Waals surface area contributed by atoms with E-state index in [0.29, 0.717) is 18.7 Å². The average molecular weight is 191 g/mol. The Kier molecular flexibility index (Phi) is 4.49. The first-order valence-corrected chi connectivity index (χ1v) is 5.67. The summed E-state index contributed by atoms with van der Waals surface area (Å²) in [6, 6.07) is 0. The van der Waals surface area contributed by atoms with Gasteiger partial charge in [0.15, 0.2) is 0 Å².